The summed E-state index contributed by atoms with van der Waals surface area (Å²) < 4.78 is 1.97. The molecule has 0 aliphatic rings. The van der Waals surface area contributed by atoms with Crippen LogP contribution in [0.4, 0.5) is 0 Å². The van der Waals surface area contributed by atoms with E-state index in [2.05, 4.69) is 23.1 Å². The normalized spacial score (nSPS) is 10.4. The van der Waals surface area contributed by atoms with Crippen LogP contribution in [0.1, 0.15) is 17.1 Å². The summed E-state index contributed by atoms with van der Waals surface area (Å²) in [6.07, 6.45) is 1.81. The lowest BCUT2D eigenvalue weighted by Gasteiger charge is -2.02. The van der Waals surface area contributed by atoms with E-state index in [1.54, 1.807) is 6.20 Å². The molecule has 0 N–H and O–H groups in total. The highest BCUT2D eigenvalue weighted by Gasteiger charge is 2.01. The molecular formula is C11H13N3. The third-order valence-electron chi connectivity index (χ3n) is 2.14. The average molecular weight is 187 g/mol. The summed E-state index contributed by atoms with van der Waals surface area (Å²) in [6, 6.07) is 8.00. The number of pyridine rings is 1. The molecule has 0 aromatic carbocycles. The number of hydrogen-bond donors (Lipinski definition) is 0. The highest BCUT2D eigenvalue weighted by molar-refractivity contribution is 5.10. The van der Waals surface area contributed by atoms with Crippen molar-refractivity contribution in [3.63, 3.8) is 0 Å². The van der Waals surface area contributed by atoms with Gasteiger partial charge in [-0.3, -0.25) is 9.67 Å². The Hall–Kier alpha value is -1.64. The van der Waals surface area contributed by atoms with Gasteiger partial charge in [0, 0.05) is 11.9 Å². The fourth-order valence-electron chi connectivity index (χ4n) is 1.48. The largest absolute Gasteiger partial charge is 0.264 e. The minimum absolute atomic E-state index is 0.751. The topological polar surface area (TPSA) is 30.7 Å². The van der Waals surface area contributed by atoms with Crippen molar-refractivity contribution in [2.24, 2.45) is 0 Å². The van der Waals surface area contributed by atoms with E-state index in [1.165, 1.54) is 5.69 Å². The van der Waals surface area contributed by atoms with E-state index in [9.17, 15) is 0 Å². The smallest absolute Gasteiger partial charge is 0.0834 e. The summed E-state index contributed by atoms with van der Waals surface area (Å²) in [5.41, 5.74) is 3.27. The number of hydrogen-bond acceptors (Lipinski definition) is 2. The molecule has 14 heavy (non-hydrogen) atoms. The Bertz CT molecular complexity index is 417. The van der Waals surface area contributed by atoms with Crippen molar-refractivity contribution in [3.8, 4) is 0 Å². The van der Waals surface area contributed by atoms with Gasteiger partial charge < -0.3 is 0 Å². The Kier molecular flexibility index (Phi) is 2.31. The fraction of sp³-hybridized carbons (Fsp3) is 0.273. The second-order valence-electron chi connectivity index (χ2n) is 3.41. The highest BCUT2D eigenvalue weighted by Crippen LogP contribution is 2.04. The molecule has 72 valence electrons. The number of aromatic nitrogens is 3. The molecule has 3 nitrogen and oxygen atoms in total. The molecule has 0 saturated heterocycles. The molecule has 2 rings (SSSR count). The van der Waals surface area contributed by atoms with Gasteiger partial charge >= 0.3 is 0 Å². The van der Waals surface area contributed by atoms with Gasteiger partial charge in [0.25, 0.3) is 0 Å². The van der Waals surface area contributed by atoms with Crippen LogP contribution in [0.2, 0.25) is 0 Å². The molecule has 0 aliphatic carbocycles. The predicted octanol–water partition coefficient (Wildman–Crippen LogP) is 1.94. The summed E-state index contributed by atoms with van der Waals surface area (Å²) >= 11 is 0. The molecule has 2 aromatic heterocycles. The Morgan fingerprint density at radius 3 is 2.71 bits per heavy atom. The standard InChI is InChI=1S/C11H13N3/c1-9-7-10(2)14(13-9)8-11-5-3-4-6-12-11/h3-7H,8H2,1-2H3. The van der Waals surface area contributed by atoms with Gasteiger partial charge in [-0.25, -0.2) is 0 Å². The Labute approximate surface area is 83.4 Å². The molecule has 2 heterocycles. The van der Waals surface area contributed by atoms with Crippen LogP contribution >= 0.6 is 0 Å². The van der Waals surface area contributed by atoms with E-state index in [0.29, 0.717) is 0 Å². The van der Waals surface area contributed by atoms with Crippen molar-refractivity contribution in [2.75, 3.05) is 0 Å². The lowest BCUT2D eigenvalue weighted by Crippen LogP contribution is -2.05. The van der Waals surface area contributed by atoms with Crippen LogP contribution in [0.25, 0.3) is 0 Å². The first kappa shape index (κ1) is 8.94. The molecule has 0 unspecified atom stereocenters. The van der Waals surface area contributed by atoms with Crippen molar-refractivity contribution >= 4 is 0 Å². The van der Waals surface area contributed by atoms with Gasteiger partial charge in [0.1, 0.15) is 0 Å². The maximum absolute atomic E-state index is 4.38. The molecule has 3 heteroatoms. The Morgan fingerprint density at radius 2 is 2.14 bits per heavy atom. The van der Waals surface area contributed by atoms with Crippen LogP contribution < -0.4 is 0 Å². The number of rotatable bonds is 2. The zero-order valence-electron chi connectivity index (χ0n) is 8.44. The van der Waals surface area contributed by atoms with E-state index in [0.717, 1.165) is 17.9 Å². The van der Waals surface area contributed by atoms with Gasteiger partial charge in [0.05, 0.1) is 17.9 Å². The lowest BCUT2D eigenvalue weighted by molar-refractivity contribution is 0.647. The van der Waals surface area contributed by atoms with E-state index in [-0.39, 0.29) is 0 Å². The van der Waals surface area contributed by atoms with Gasteiger partial charge in [-0.15, -0.1) is 0 Å². The van der Waals surface area contributed by atoms with Crippen molar-refractivity contribution in [2.45, 2.75) is 20.4 Å². The van der Waals surface area contributed by atoms with E-state index < -0.39 is 0 Å². The van der Waals surface area contributed by atoms with Crippen LogP contribution in [0, 0.1) is 13.8 Å². The van der Waals surface area contributed by atoms with Gasteiger partial charge in [-0.05, 0) is 32.0 Å². The van der Waals surface area contributed by atoms with E-state index in [4.69, 9.17) is 0 Å². The fourth-order valence-corrected chi connectivity index (χ4v) is 1.48. The zero-order valence-corrected chi connectivity index (χ0v) is 8.44. The first-order chi connectivity index (χ1) is 6.75. The maximum atomic E-state index is 4.38. The van der Waals surface area contributed by atoms with Crippen molar-refractivity contribution < 1.29 is 0 Å². The third-order valence-corrected chi connectivity index (χ3v) is 2.14. The Morgan fingerprint density at radius 1 is 1.29 bits per heavy atom. The van der Waals surface area contributed by atoms with Crippen LogP contribution in [-0.4, -0.2) is 14.8 Å². The molecule has 0 amide bonds. The maximum Gasteiger partial charge on any atom is 0.0834 e. The molecule has 0 bridgehead atoms. The number of nitrogens with zero attached hydrogens (tertiary/aromatic N) is 3. The minimum atomic E-state index is 0.751. The summed E-state index contributed by atoms with van der Waals surface area (Å²) in [5.74, 6) is 0. The van der Waals surface area contributed by atoms with Crippen LogP contribution in [-0.2, 0) is 6.54 Å². The van der Waals surface area contributed by atoms with Crippen LogP contribution in [0.3, 0.4) is 0 Å². The lowest BCUT2D eigenvalue weighted by atomic mass is 10.3. The molecule has 0 radical (unpaired) electrons. The Balaban J connectivity index is 2.23. The quantitative estimate of drug-likeness (QED) is 0.719. The molecule has 2 aromatic rings. The predicted molar refractivity (Wildman–Crippen MR) is 55.0 cm³/mol. The summed E-state index contributed by atoms with van der Waals surface area (Å²) in [6.45, 7) is 4.81. The summed E-state index contributed by atoms with van der Waals surface area (Å²) in [4.78, 5) is 4.26. The first-order valence-corrected chi connectivity index (χ1v) is 4.66. The van der Waals surface area contributed by atoms with Gasteiger partial charge in [-0.1, -0.05) is 6.07 Å². The third kappa shape index (κ3) is 1.82. The highest BCUT2D eigenvalue weighted by atomic mass is 15.3. The minimum Gasteiger partial charge on any atom is -0.264 e. The second-order valence-corrected chi connectivity index (χ2v) is 3.41. The average Bonchev–Trinajstić information content (AvgIpc) is 2.47. The first-order valence-electron chi connectivity index (χ1n) is 4.66. The second kappa shape index (κ2) is 3.62. The van der Waals surface area contributed by atoms with E-state index in [1.807, 2.05) is 29.8 Å². The summed E-state index contributed by atoms with van der Waals surface area (Å²) in [5, 5.41) is 4.38. The summed E-state index contributed by atoms with van der Waals surface area (Å²) in [7, 11) is 0. The molecule has 0 spiro atoms. The molecule has 0 fully saturated rings. The molecular weight excluding hydrogens is 174 g/mol. The van der Waals surface area contributed by atoms with Crippen molar-refractivity contribution in [3.05, 3.63) is 47.5 Å². The number of aryl methyl sites for hydroxylation is 2. The van der Waals surface area contributed by atoms with E-state index >= 15 is 0 Å². The monoisotopic (exact) mass is 187 g/mol. The van der Waals surface area contributed by atoms with Gasteiger partial charge in [0.2, 0.25) is 0 Å². The van der Waals surface area contributed by atoms with Crippen molar-refractivity contribution in [1.82, 2.24) is 14.8 Å². The molecule has 0 atom stereocenters. The van der Waals surface area contributed by atoms with Crippen molar-refractivity contribution in [1.29, 1.82) is 0 Å². The SMILES string of the molecule is Cc1cc(C)n(Cc2ccccn2)n1. The van der Waals surface area contributed by atoms with Crippen LogP contribution in [0.5, 0.6) is 0 Å². The molecule has 0 saturated carbocycles. The van der Waals surface area contributed by atoms with Gasteiger partial charge in [0.15, 0.2) is 0 Å². The van der Waals surface area contributed by atoms with Crippen LogP contribution in [0.15, 0.2) is 30.5 Å². The zero-order chi connectivity index (χ0) is 9.97. The van der Waals surface area contributed by atoms with Gasteiger partial charge in [-0.2, -0.15) is 5.10 Å². The molecule has 0 aliphatic heterocycles.